The predicted molar refractivity (Wildman–Crippen MR) is 326 cm³/mol. The Bertz CT molecular complexity index is 1380. The first-order valence-corrected chi connectivity index (χ1v) is 34.2. The third-order valence-corrected chi connectivity index (χ3v) is 15.6. The van der Waals surface area contributed by atoms with Crippen LogP contribution in [-0.2, 0) is 32.7 Å². The Morgan fingerprint density at radius 2 is 0.724 bits per heavy atom. The van der Waals surface area contributed by atoms with E-state index in [9.17, 15) is 19.0 Å². The molecule has 0 aliphatic carbocycles. The van der Waals surface area contributed by atoms with Crippen molar-refractivity contribution in [3.63, 3.8) is 0 Å². The molecular weight excluding hydrogens is 966 g/mol. The highest BCUT2D eigenvalue weighted by atomic mass is 31.2. The number of phosphoric ester groups is 1. The summed E-state index contributed by atoms with van der Waals surface area (Å²) in [5.74, 6) is -0.796. The van der Waals surface area contributed by atoms with E-state index >= 15 is 0 Å². The summed E-state index contributed by atoms with van der Waals surface area (Å²) in [5.41, 5.74) is 0. The zero-order valence-electron chi connectivity index (χ0n) is 51.0. The summed E-state index contributed by atoms with van der Waals surface area (Å²) in [6.07, 6.45) is 72.8. The second-order valence-electron chi connectivity index (χ2n) is 23.5. The van der Waals surface area contributed by atoms with Crippen LogP contribution in [0.4, 0.5) is 0 Å². The summed E-state index contributed by atoms with van der Waals surface area (Å²) in [5, 5.41) is 0. The van der Waals surface area contributed by atoms with Crippen LogP contribution >= 0.6 is 7.82 Å². The maximum Gasteiger partial charge on any atom is 0.472 e. The Labute approximate surface area is 471 Å². The molecule has 0 heterocycles. The minimum absolute atomic E-state index is 0.0328. The molecule has 2 atom stereocenters. The molecule has 9 nitrogen and oxygen atoms in total. The number of allylic oxidation sites excluding steroid dienone is 6. The number of nitrogens with zero attached hydrogens (tertiary/aromatic N) is 1. The zero-order chi connectivity index (χ0) is 55.6. The van der Waals surface area contributed by atoms with Gasteiger partial charge in [0.25, 0.3) is 0 Å². The smallest absolute Gasteiger partial charge is 0.462 e. The van der Waals surface area contributed by atoms with Gasteiger partial charge >= 0.3 is 19.8 Å². The number of phosphoric acid groups is 1. The number of unbranched alkanes of at least 4 members (excludes halogenated alkanes) is 41. The largest absolute Gasteiger partial charge is 0.472 e. The van der Waals surface area contributed by atoms with Crippen molar-refractivity contribution < 1.29 is 42.1 Å². The van der Waals surface area contributed by atoms with E-state index in [1.165, 1.54) is 225 Å². The normalized spacial score (nSPS) is 13.4. The van der Waals surface area contributed by atoms with Crippen LogP contribution in [0.25, 0.3) is 0 Å². The van der Waals surface area contributed by atoms with Gasteiger partial charge in [0.2, 0.25) is 0 Å². The minimum atomic E-state index is -4.38. The highest BCUT2D eigenvalue weighted by molar-refractivity contribution is 7.47. The minimum Gasteiger partial charge on any atom is -0.462 e. The van der Waals surface area contributed by atoms with Crippen LogP contribution < -0.4 is 0 Å². The topological polar surface area (TPSA) is 108 Å². The Balaban J connectivity index is 3.79. The van der Waals surface area contributed by atoms with Crippen LogP contribution in [0.15, 0.2) is 36.5 Å². The maximum atomic E-state index is 12.8. The van der Waals surface area contributed by atoms with Gasteiger partial charge in [0.15, 0.2) is 6.10 Å². The molecule has 448 valence electrons. The van der Waals surface area contributed by atoms with Crippen LogP contribution in [0.3, 0.4) is 0 Å². The third kappa shape index (κ3) is 61.4. The number of esters is 2. The summed E-state index contributed by atoms with van der Waals surface area (Å²) in [7, 11) is 1.49. The van der Waals surface area contributed by atoms with E-state index in [0.717, 1.165) is 64.2 Å². The first-order chi connectivity index (χ1) is 37.0. The third-order valence-electron chi connectivity index (χ3n) is 14.6. The Morgan fingerprint density at radius 1 is 0.408 bits per heavy atom. The van der Waals surface area contributed by atoms with Gasteiger partial charge in [-0.15, -0.1) is 0 Å². The van der Waals surface area contributed by atoms with E-state index in [4.69, 9.17) is 18.5 Å². The van der Waals surface area contributed by atoms with Gasteiger partial charge in [0.1, 0.15) is 19.8 Å². The monoisotopic (exact) mass is 1090 g/mol. The first-order valence-electron chi connectivity index (χ1n) is 32.7. The zero-order valence-corrected chi connectivity index (χ0v) is 51.9. The number of ether oxygens (including phenoxy) is 2. The molecule has 0 aromatic heterocycles. The Morgan fingerprint density at radius 3 is 1.09 bits per heavy atom. The second-order valence-corrected chi connectivity index (χ2v) is 25.0. The van der Waals surface area contributed by atoms with Gasteiger partial charge in [0, 0.05) is 12.8 Å². The van der Waals surface area contributed by atoms with Crippen molar-refractivity contribution >= 4 is 19.8 Å². The molecule has 76 heavy (non-hydrogen) atoms. The van der Waals surface area contributed by atoms with E-state index in [-0.39, 0.29) is 32.0 Å². The summed E-state index contributed by atoms with van der Waals surface area (Å²) in [6, 6.07) is 0. The number of carbonyl (C=O) groups excluding carboxylic acids is 2. The fourth-order valence-corrected chi connectivity index (χ4v) is 10.3. The van der Waals surface area contributed by atoms with Crippen molar-refractivity contribution in [2.24, 2.45) is 0 Å². The number of quaternary nitrogens is 1. The molecule has 0 saturated heterocycles. The fraction of sp³-hybridized carbons (Fsp3) is 0.879. The van der Waals surface area contributed by atoms with Gasteiger partial charge in [-0.3, -0.25) is 18.6 Å². The second kappa shape index (κ2) is 57.9. The Hall–Kier alpha value is -1.77. The fourth-order valence-electron chi connectivity index (χ4n) is 9.56. The van der Waals surface area contributed by atoms with E-state index in [0.29, 0.717) is 17.4 Å². The van der Waals surface area contributed by atoms with Crippen molar-refractivity contribution in [1.29, 1.82) is 0 Å². The Kier molecular flexibility index (Phi) is 56.6. The molecule has 0 aromatic rings. The number of carbonyl (C=O) groups is 2. The molecule has 10 heteroatoms. The number of hydrogen-bond donors (Lipinski definition) is 1. The standard InChI is InChI=1S/C66H126NO8P/c1-6-8-10-12-14-16-18-19-20-21-22-23-24-25-26-27-28-29-30-31-32-33-34-35-36-37-38-39-40-41-42-43-44-45-46-47-49-51-53-55-57-59-66(69)75-64(63-74-76(70,71)73-61-60-67(3,4)5)62-72-65(68)58-56-54-52-50-48-17-15-13-11-9-7-2/h13,15,18-19,21-22,64H,6-12,14,16-17,20,23-63H2,1-5H3/p+1/b15-13-,19-18-,22-21-. The molecule has 1 N–H and O–H groups in total. The van der Waals surface area contributed by atoms with Crippen LogP contribution in [0.5, 0.6) is 0 Å². The van der Waals surface area contributed by atoms with Gasteiger partial charge in [-0.2, -0.15) is 0 Å². The van der Waals surface area contributed by atoms with Gasteiger partial charge in [-0.05, 0) is 64.2 Å². The van der Waals surface area contributed by atoms with Gasteiger partial charge in [-0.25, -0.2) is 4.57 Å². The lowest BCUT2D eigenvalue weighted by atomic mass is 10.0. The van der Waals surface area contributed by atoms with Crippen LogP contribution in [0.1, 0.15) is 322 Å². The van der Waals surface area contributed by atoms with Gasteiger partial charge < -0.3 is 18.9 Å². The summed E-state index contributed by atoms with van der Waals surface area (Å²) < 4.78 is 34.5. The van der Waals surface area contributed by atoms with E-state index in [1.807, 2.05) is 21.1 Å². The SMILES string of the molecule is CCCC/C=C\CCCCCCCC(=O)OCC(COP(=O)(O)OCC[N+](C)(C)C)OC(=O)CCCCCCCCCCCCCCCCCCCCCCCCCCCCCCC/C=C\C/C=C\CCCCCCC. The number of hydrogen-bond acceptors (Lipinski definition) is 7. The molecule has 0 saturated carbocycles. The number of likely N-dealkylation sites (N-methyl/N-ethyl adjacent to an activating group) is 1. The van der Waals surface area contributed by atoms with E-state index in [1.54, 1.807) is 0 Å². The molecule has 0 amide bonds. The lowest BCUT2D eigenvalue weighted by molar-refractivity contribution is -0.870. The summed E-state index contributed by atoms with van der Waals surface area (Å²) in [4.78, 5) is 35.6. The highest BCUT2D eigenvalue weighted by Gasteiger charge is 2.27. The van der Waals surface area contributed by atoms with Gasteiger partial charge in [0.05, 0.1) is 27.7 Å². The van der Waals surface area contributed by atoms with Crippen molar-refractivity contribution in [2.75, 3.05) is 47.5 Å². The maximum absolute atomic E-state index is 12.8. The summed E-state index contributed by atoms with van der Waals surface area (Å²) >= 11 is 0. The van der Waals surface area contributed by atoms with Crippen molar-refractivity contribution in [3.05, 3.63) is 36.5 Å². The average molecular weight is 1090 g/mol. The molecular formula is C66H127NO8P+. The lowest BCUT2D eigenvalue weighted by Gasteiger charge is -2.24. The molecule has 0 radical (unpaired) electrons. The molecule has 0 fully saturated rings. The molecule has 0 spiro atoms. The molecule has 2 unspecified atom stereocenters. The lowest BCUT2D eigenvalue weighted by Crippen LogP contribution is -2.37. The molecule has 0 bridgehead atoms. The van der Waals surface area contributed by atoms with Crippen molar-refractivity contribution in [3.8, 4) is 0 Å². The average Bonchev–Trinajstić information content (AvgIpc) is 3.38. The molecule has 0 aliphatic rings. The van der Waals surface area contributed by atoms with Crippen molar-refractivity contribution in [2.45, 2.75) is 328 Å². The highest BCUT2D eigenvalue weighted by Crippen LogP contribution is 2.43. The predicted octanol–water partition coefficient (Wildman–Crippen LogP) is 20.7. The van der Waals surface area contributed by atoms with Gasteiger partial charge in [-0.1, -0.05) is 281 Å². The van der Waals surface area contributed by atoms with E-state index in [2.05, 4.69) is 50.3 Å². The summed E-state index contributed by atoms with van der Waals surface area (Å²) in [6.45, 7) is 4.41. The number of rotatable bonds is 61. The van der Waals surface area contributed by atoms with Crippen molar-refractivity contribution in [1.82, 2.24) is 0 Å². The van der Waals surface area contributed by atoms with Crippen LogP contribution in [0.2, 0.25) is 0 Å². The van der Waals surface area contributed by atoms with Crippen LogP contribution in [0, 0.1) is 0 Å². The van der Waals surface area contributed by atoms with E-state index < -0.39 is 26.5 Å². The molecule has 0 aliphatic heterocycles. The van der Waals surface area contributed by atoms with Crippen LogP contribution in [-0.4, -0.2) is 74.9 Å². The molecule has 0 rings (SSSR count). The first kappa shape index (κ1) is 74.2. The molecule has 0 aromatic carbocycles. The quantitative estimate of drug-likeness (QED) is 0.0211.